The number of ether oxygens (including phenoxy) is 2. The third-order valence-corrected chi connectivity index (χ3v) is 3.09. The number of nitrogens with zero attached hydrogens (tertiary/aromatic N) is 1. The van der Waals surface area contributed by atoms with Crippen LogP contribution in [0, 0.1) is 0 Å². The van der Waals surface area contributed by atoms with Crippen molar-refractivity contribution >= 4 is 12.2 Å². The summed E-state index contributed by atoms with van der Waals surface area (Å²) in [6, 6.07) is 8.90. The molecule has 0 aromatic heterocycles. The van der Waals surface area contributed by atoms with E-state index in [1.54, 1.807) is 47.6 Å². The highest BCUT2D eigenvalue weighted by Gasteiger charge is 2.31. The van der Waals surface area contributed by atoms with Crippen LogP contribution >= 0.6 is 0 Å². The average Bonchev–Trinajstić information content (AvgIpc) is 2.48. The SMILES string of the molecule is C=CCC(c1ccccc1)N(NC(=O)OC(C)(C)C)C(=O)OC(C)(C)C. The van der Waals surface area contributed by atoms with Crippen LogP contribution in [0.1, 0.15) is 59.6 Å². The molecule has 0 radical (unpaired) electrons. The molecule has 6 nitrogen and oxygen atoms in total. The van der Waals surface area contributed by atoms with E-state index in [0.29, 0.717) is 6.42 Å². The largest absolute Gasteiger partial charge is 0.443 e. The van der Waals surface area contributed by atoms with Crippen molar-refractivity contribution in [2.75, 3.05) is 0 Å². The minimum absolute atomic E-state index is 0.430. The molecule has 0 aliphatic rings. The van der Waals surface area contributed by atoms with Crippen LogP contribution < -0.4 is 5.43 Å². The van der Waals surface area contributed by atoms with Crippen LogP contribution in [0.5, 0.6) is 0 Å². The van der Waals surface area contributed by atoms with E-state index < -0.39 is 29.4 Å². The number of hydrogen-bond donors (Lipinski definition) is 1. The summed E-state index contributed by atoms with van der Waals surface area (Å²) in [6.45, 7) is 14.3. The second-order valence-electron chi connectivity index (χ2n) is 7.91. The quantitative estimate of drug-likeness (QED) is 0.606. The highest BCUT2D eigenvalue weighted by atomic mass is 16.6. The molecule has 1 rings (SSSR count). The molecule has 2 amide bonds. The lowest BCUT2D eigenvalue weighted by atomic mass is 10.0. The van der Waals surface area contributed by atoms with Crippen molar-refractivity contribution < 1.29 is 19.1 Å². The number of benzene rings is 1. The second kappa shape index (κ2) is 8.74. The number of hydrogen-bond acceptors (Lipinski definition) is 4. The Balaban J connectivity index is 3.16. The maximum atomic E-state index is 12.7. The minimum Gasteiger partial charge on any atom is -0.443 e. The van der Waals surface area contributed by atoms with Crippen LogP contribution in [0.3, 0.4) is 0 Å². The Morgan fingerprint density at radius 1 is 1.08 bits per heavy atom. The molecule has 0 aliphatic carbocycles. The fourth-order valence-corrected chi connectivity index (χ4v) is 2.18. The third-order valence-electron chi connectivity index (χ3n) is 3.09. The second-order valence-corrected chi connectivity index (χ2v) is 7.91. The fourth-order valence-electron chi connectivity index (χ4n) is 2.18. The van der Waals surface area contributed by atoms with E-state index >= 15 is 0 Å². The van der Waals surface area contributed by atoms with Crippen molar-refractivity contribution in [2.45, 2.75) is 65.2 Å². The summed E-state index contributed by atoms with van der Waals surface area (Å²) < 4.78 is 10.7. The Hall–Kier alpha value is -2.50. The van der Waals surface area contributed by atoms with Gasteiger partial charge in [-0.05, 0) is 53.5 Å². The lowest BCUT2D eigenvalue weighted by Gasteiger charge is -2.33. The molecule has 1 atom stereocenters. The van der Waals surface area contributed by atoms with Gasteiger partial charge in [0, 0.05) is 0 Å². The number of nitrogens with one attached hydrogen (secondary N) is 1. The molecule has 6 heteroatoms. The molecule has 1 aromatic rings. The molecule has 1 unspecified atom stereocenters. The van der Waals surface area contributed by atoms with E-state index in [-0.39, 0.29) is 0 Å². The normalized spacial score (nSPS) is 12.7. The van der Waals surface area contributed by atoms with Crippen LogP contribution in [-0.4, -0.2) is 28.4 Å². The summed E-state index contributed by atoms with van der Waals surface area (Å²) in [7, 11) is 0. The van der Waals surface area contributed by atoms with E-state index in [1.165, 1.54) is 0 Å². The summed E-state index contributed by atoms with van der Waals surface area (Å²) in [5.74, 6) is 0. The standard InChI is InChI=1S/C20H30N2O4/c1-8-12-16(15-13-10-9-11-14-15)22(18(24)26-20(5,6)7)21-17(23)25-19(2,3)4/h8-11,13-14,16H,1,12H2,2-7H3,(H,21,23). The van der Waals surface area contributed by atoms with Crippen molar-refractivity contribution in [3.63, 3.8) is 0 Å². The van der Waals surface area contributed by atoms with Crippen LogP contribution in [0.15, 0.2) is 43.0 Å². The summed E-state index contributed by atoms with van der Waals surface area (Å²) in [4.78, 5) is 25.0. The smallest absolute Gasteiger partial charge is 0.429 e. The first-order valence-corrected chi connectivity index (χ1v) is 8.60. The first-order valence-electron chi connectivity index (χ1n) is 8.60. The molecule has 0 spiro atoms. The molecule has 0 fully saturated rings. The van der Waals surface area contributed by atoms with Gasteiger partial charge in [0.25, 0.3) is 0 Å². The molecule has 0 aliphatic heterocycles. The van der Waals surface area contributed by atoms with E-state index in [4.69, 9.17) is 9.47 Å². The van der Waals surface area contributed by atoms with Gasteiger partial charge >= 0.3 is 12.2 Å². The zero-order chi connectivity index (χ0) is 20.0. The highest BCUT2D eigenvalue weighted by molar-refractivity contribution is 5.75. The van der Waals surface area contributed by atoms with Crippen molar-refractivity contribution in [2.24, 2.45) is 0 Å². The lowest BCUT2D eigenvalue weighted by Crippen LogP contribution is -2.51. The van der Waals surface area contributed by atoms with Crippen molar-refractivity contribution in [1.29, 1.82) is 0 Å². The topological polar surface area (TPSA) is 67.9 Å². The maximum Gasteiger partial charge on any atom is 0.429 e. The molecule has 0 saturated heterocycles. The van der Waals surface area contributed by atoms with Crippen LogP contribution in [0.25, 0.3) is 0 Å². The lowest BCUT2D eigenvalue weighted by molar-refractivity contribution is -0.00973. The Kier molecular flexibility index (Phi) is 7.24. The Morgan fingerprint density at radius 2 is 1.62 bits per heavy atom. The predicted octanol–water partition coefficient (Wildman–Crippen LogP) is 4.98. The number of hydrazine groups is 1. The van der Waals surface area contributed by atoms with Crippen molar-refractivity contribution in [1.82, 2.24) is 10.4 Å². The predicted molar refractivity (Wildman–Crippen MR) is 101 cm³/mol. The van der Waals surface area contributed by atoms with Gasteiger partial charge in [0.05, 0.1) is 6.04 Å². The Bertz CT molecular complexity index is 615. The monoisotopic (exact) mass is 362 g/mol. The molecule has 144 valence electrons. The third kappa shape index (κ3) is 7.59. The molecule has 1 aromatic carbocycles. The zero-order valence-electron chi connectivity index (χ0n) is 16.5. The highest BCUT2D eigenvalue weighted by Crippen LogP contribution is 2.25. The fraction of sp³-hybridized carbons (Fsp3) is 0.500. The van der Waals surface area contributed by atoms with E-state index in [1.807, 2.05) is 30.3 Å². The maximum absolute atomic E-state index is 12.7. The number of rotatable bonds is 4. The average molecular weight is 362 g/mol. The minimum atomic E-state index is -0.728. The van der Waals surface area contributed by atoms with Crippen LogP contribution in [0.4, 0.5) is 9.59 Å². The van der Waals surface area contributed by atoms with Gasteiger partial charge in [-0.15, -0.1) is 6.58 Å². The molecular weight excluding hydrogens is 332 g/mol. The Morgan fingerprint density at radius 3 is 2.08 bits per heavy atom. The summed E-state index contributed by atoms with van der Waals surface area (Å²) in [5.41, 5.74) is 1.97. The number of carbonyl (C=O) groups is 2. The van der Waals surface area contributed by atoms with E-state index in [2.05, 4.69) is 12.0 Å². The van der Waals surface area contributed by atoms with Crippen LogP contribution in [-0.2, 0) is 9.47 Å². The van der Waals surface area contributed by atoms with Crippen molar-refractivity contribution in [3.05, 3.63) is 48.6 Å². The summed E-state index contributed by atoms with van der Waals surface area (Å²) >= 11 is 0. The summed E-state index contributed by atoms with van der Waals surface area (Å²) in [5, 5.41) is 1.16. The van der Waals surface area contributed by atoms with Gasteiger partial charge in [-0.2, -0.15) is 0 Å². The molecule has 1 N–H and O–H groups in total. The van der Waals surface area contributed by atoms with Gasteiger partial charge in [-0.1, -0.05) is 36.4 Å². The van der Waals surface area contributed by atoms with Gasteiger partial charge in [0.2, 0.25) is 0 Å². The molecule has 0 bridgehead atoms. The number of amides is 2. The van der Waals surface area contributed by atoms with Gasteiger partial charge in [0.1, 0.15) is 11.2 Å². The van der Waals surface area contributed by atoms with Gasteiger partial charge in [-0.3, -0.25) is 0 Å². The van der Waals surface area contributed by atoms with E-state index in [0.717, 1.165) is 10.6 Å². The summed E-state index contributed by atoms with van der Waals surface area (Å²) in [6.07, 6.45) is 0.720. The van der Waals surface area contributed by atoms with Gasteiger partial charge < -0.3 is 9.47 Å². The Labute approximate surface area is 156 Å². The molecule has 0 saturated carbocycles. The molecular formula is C20H30N2O4. The first-order chi connectivity index (χ1) is 11.9. The zero-order valence-corrected chi connectivity index (χ0v) is 16.5. The van der Waals surface area contributed by atoms with Crippen LogP contribution in [0.2, 0.25) is 0 Å². The molecule has 26 heavy (non-hydrogen) atoms. The first kappa shape index (κ1) is 21.5. The molecule has 0 heterocycles. The van der Waals surface area contributed by atoms with Gasteiger partial charge in [0.15, 0.2) is 0 Å². The number of carbonyl (C=O) groups excluding carboxylic acids is 2. The van der Waals surface area contributed by atoms with Gasteiger partial charge in [-0.25, -0.2) is 20.0 Å². The van der Waals surface area contributed by atoms with Crippen molar-refractivity contribution in [3.8, 4) is 0 Å². The van der Waals surface area contributed by atoms with E-state index in [9.17, 15) is 9.59 Å².